The lowest BCUT2D eigenvalue weighted by molar-refractivity contribution is -0.136. The van der Waals surface area contributed by atoms with Crippen molar-refractivity contribution >= 4 is 16.7 Å². The zero-order valence-corrected chi connectivity index (χ0v) is 9.64. The van der Waals surface area contributed by atoms with Gasteiger partial charge in [-0.2, -0.15) is 0 Å². The zero-order chi connectivity index (χ0) is 12.3. The molecule has 0 atom stereocenters. The molecule has 88 valence electrons. The zero-order valence-electron chi connectivity index (χ0n) is 9.64. The lowest BCUT2D eigenvalue weighted by Gasteiger charge is -2.05. The van der Waals surface area contributed by atoms with E-state index < -0.39 is 5.97 Å². The van der Waals surface area contributed by atoms with Crippen LogP contribution in [0.1, 0.15) is 12.0 Å². The summed E-state index contributed by atoms with van der Waals surface area (Å²) >= 11 is 0. The Balaban J connectivity index is 2.31. The molecule has 0 fully saturated rings. The van der Waals surface area contributed by atoms with E-state index in [-0.39, 0.29) is 6.42 Å². The van der Waals surface area contributed by atoms with Gasteiger partial charge in [0, 0.05) is 6.42 Å². The molecule has 0 aliphatic carbocycles. The number of rotatable bonds is 4. The molecule has 0 saturated carbocycles. The number of aliphatic carboxylic acids is 1. The third kappa shape index (κ3) is 2.75. The molecule has 0 heterocycles. The van der Waals surface area contributed by atoms with Gasteiger partial charge in [-0.25, -0.2) is 0 Å². The van der Waals surface area contributed by atoms with Crippen molar-refractivity contribution in [1.29, 1.82) is 0 Å². The maximum absolute atomic E-state index is 10.5. The van der Waals surface area contributed by atoms with E-state index in [4.69, 9.17) is 9.84 Å². The van der Waals surface area contributed by atoms with Crippen LogP contribution in [0, 0.1) is 0 Å². The second-order valence-corrected chi connectivity index (χ2v) is 3.94. The van der Waals surface area contributed by atoms with Crippen LogP contribution in [0.2, 0.25) is 0 Å². The van der Waals surface area contributed by atoms with Gasteiger partial charge in [0.05, 0.1) is 7.11 Å². The first-order valence-electron chi connectivity index (χ1n) is 5.47. The monoisotopic (exact) mass is 230 g/mol. The van der Waals surface area contributed by atoms with Crippen LogP contribution in [0.3, 0.4) is 0 Å². The molecule has 3 heteroatoms. The third-order valence-corrected chi connectivity index (χ3v) is 2.74. The highest BCUT2D eigenvalue weighted by atomic mass is 16.5. The fraction of sp³-hybridized carbons (Fsp3) is 0.214. The molecule has 1 N–H and O–H groups in total. The number of hydrogen-bond acceptors (Lipinski definition) is 2. The minimum atomic E-state index is -0.768. The molecule has 0 bridgehead atoms. The molecule has 2 aromatic rings. The van der Waals surface area contributed by atoms with Gasteiger partial charge in [0.1, 0.15) is 5.75 Å². The normalized spacial score (nSPS) is 10.4. The van der Waals surface area contributed by atoms with Crippen LogP contribution in [-0.4, -0.2) is 18.2 Å². The number of fused-ring (bicyclic) bond motifs is 1. The summed E-state index contributed by atoms with van der Waals surface area (Å²) in [4.78, 5) is 10.5. The first-order valence-corrected chi connectivity index (χ1v) is 5.47. The van der Waals surface area contributed by atoms with Crippen molar-refractivity contribution in [3.8, 4) is 5.75 Å². The van der Waals surface area contributed by atoms with Crippen molar-refractivity contribution in [2.24, 2.45) is 0 Å². The van der Waals surface area contributed by atoms with E-state index in [2.05, 4.69) is 0 Å². The van der Waals surface area contributed by atoms with Crippen molar-refractivity contribution in [3.05, 3.63) is 42.0 Å². The number of methoxy groups -OCH3 is 1. The van der Waals surface area contributed by atoms with Crippen molar-refractivity contribution in [2.75, 3.05) is 7.11 Å². The van der Waals surface area contributed by atoms with Gasteiger partial charge < -0.3 is 9.84 Å². The number of carboxylic acids is 1. The molecule has 0 radical (unpaired) electrons. The Morgan fingerprint density at radius 3 is 2.65 bits per heavy atom. The van der Waals surface area contributed by atoms with Gasteiger partial charge in [-0.15, -0.1) is 0 Å². The van der Waals surface area contributed by atoms with Gasteiger partial charge in [0.25, 0.3) is 0 Å². The quantitative estimate of drug-likeness (QED) is 0.878. The van der Waals surface area contributed by atoms with Crippen LogP contribution >= 0.6 is 0 Å². The van der Waals surface area contributed by atoms with Gasteiger partial charge in [0.15, 0.2) is 0 Å². The summed E-state index contributed by atoms with van der Waals surface area (Å²) in [5.41, 5.74) is 1.04. The largest absolute Gasteiger partial charge is 0.497 e. The minimum absolute atomic E-state index is 0.162. The molecule has 0 saturated heterocycles. The second-order valence-electron chi connectivity index (χ2n) is 3.94. The van der Waals surface area contributed by atoms with Crippen LogP contribution in [0.5, 0.6) is 5.75 Å². The molecule has 0 aliphatic heterocycles. The summed E-state index contributed by atoms with van der Waals surface area (Å²) < 4.78 is 5.17. The number of carbonyl (C=O) groups is 1. The number of benzene rings is 2. The fourth-order valence-corrected chi connectivity index (χ4v) is 1.81. The minimum Gasteiger partial charge on any atom is -0.497 e. The predicted octanol–water partition coefficient (Wildman–Crippen LogP) is 2.87. The molecule has 0 spiro atoms. The summed E-state index contributed by atoms with van der Waals surface area (Å²) in [7, 11) is 1.63. The average molecular weight is 230 g/mol. The Hall–Kier alpha value is -2.03. The lowest BCUT2D eigenvalue weighted by Crippen LogP contribution is -1.97. The van der Waals surface area contributed by atoms with E-state index in [1.54, 1.807) is 7.11 Å². The molecule has 0 aromatic heterocycles. The van der Waals surface area contributed by atoms with E-state index >= 15 is 0 Å². The summed E-state index contributed by atoms with van der Waals surface area (Å²) in [6.07, 6.45) is 0.720. The second kappa shape index (κ2) is 4.87. The topological polar surface area (TPSA) is 46.5 Å². The summed E-state index contributed by atoms with van der Waals surface area (Å²) in [5.74, 6) is 0.0450. The Morgan fingerprint density at radius 2 is 1.94 bits per heavy atom. The highest BCUT2D eigenvalue weighted by molar-refractivity contribution is 5.84. The van der Waals surface area contributed by atoms with Gasteiger partial charge in [0.2, 0.25) is 0 Å². The first-order chi connectivity index (χ1) is 8.19. The molecule has 2 aromatic carbocycles. The van der Waals surface area contributed by atoms with Crippen molar-refractivity contribution in [2.45, 2.75) is 12.8 Å². The molecule has 0 unspecified atom stereocenters. The SMILES string of the molecule is COc1ccc2ccc(CCC(=O)O)cc2c1. The molecular formula is C14H14O3. The Morgan fingerprint density at radius 1 is 1.18 bits per heavy atom. The van der Waals surface area contributed by atoms with E-state index in [0.717, 1.165) is 22.1 Å². The summed E-state index contributed by atoms with van der Waals surface area (Å²) in [5, 5.41) is 10.9. The van der Waals surface area contributed by atoms with Gasteiger partial charge >= 0.3 is 5.97 Å². The van der Waals surface area contributed by atoms with E-state index in [1.807, 2.05) is 36.4 Å². The fourth-order valence-electron chi connectivity index (χ4n) is 1.81. The Labute approximate surface area is 99.6 Å². The van der Waals surface area contributed by atoms with E-state index in [9.17, 15) is 4.79 Å². The molecule has 0 amide bonds. The van der Waals surface area contributed by atoms with Crippen LogP contribution < -0.4 is 4.74 Å². The van der Waals surface area contributed by atoms with E-state index in [1.165, 1.54) is 0 Å². The van der Waals surface area contributed by atoms with Gasteiger partial charge in [-0.05, 0) is 34.9 Å². The highest BCUT2D eigenvalue weighted by Gasteiger charge is 2.01. The van der Waals surface area contributed by atoms with Crippen molar-refractivity contribution in [1.82, 2.24) is 0 Å². The van der Waals surface area contributed by atoms with E-state index in [0.29, 0.717) is 6.42 Å². The van der Waals surface area contributed by atoms with Crippen molar-refractivity contribution in [3.63, 3.8) is 0 Å². The van der Waals surface area contributed by atoms with Crippen LogP contribution in [0.25, 0.3) is 10.8 Å². The lowest BCUT2D eigenvalue weighted by atomic mass is 10.0. The first kappa shape index (κ1) is 11.5. The standard InChI is InChI=1S/C14H14O3/c1-17-13-6-5-11-4-2-10(3-7-14(15)16)8-12(11)9-13/h2,4-6,8-9H,3,7H2,1H3,(H,15,16). The number of carboxylic acid groups (broad SMARTS) is 1. The Kier molecular flexibility index (Phi) is 3.28. The third-order valence-electron chi connectivity index (χ3n) is 2.74. The maximum atomic E-state index is 10.5. The predicted molar refractivity (Wildman–Crippen MR) is 66.5 cm³/mol. The molecule has 2 rings (SSSR count). The average Bonchev–Trinajstić information content (AvgIpc) is 2.35. The number of ether oxygens (including phenoxy) is 1. The smallest absolute Gasteiger partial charge is 0.303 e. The Bertz CT molecular complexity index is 546. The molecular weight excluding hydrogens is 216 g/mol. The van der Waals surface area contributed by atoms with Gasteiger partial charge in [-0.3, -0.25) is 4.79 Å². The number of hydrogen-bond donors (Lipinski definition) is 1. The summed E-state index contributed by atoms with van der Waals surface area (Å²) in [6, 6.07) is 11.9. The summed E-state index contributed by atoms with van der Waals surface area (Å²) in [6.45, 7) is 0. The molecule has 17 heavy (non-hydrogen) atoms. The molecule has 0 aliphatic rings. The van der Waals surface area contributed by atoms with Crippen LogP contribution in [0.4, 0.5) is 0 Å². The van der Waals surface area contributed by atoms with Crippen molar-refractivity contribution < 1.29 is 14.6 Å². The van der Waals surface area contributed by atoms with Crippen LogP contribution in [-0.2, 0) is 11.2 Å². The molecule has 3 nitrogen and oxygen atoms in total. The van der Waals surface area contributed by atoms with Gasteiger partial charge in [-0.1, -0.05) is 24.3 Å². The maximum Gasteiger partial charge on any atom is 0.303 e. The highest BCUT2D eigenvalue weighted by Crippen LogP contribution is 2.22. The van der Waals surface area contributed by atoms with Crippen LogP contribution in [0.15, 0.2) is 36.4 Å². The number of aryl methyl sites for hydroxylation is 1.